The smallest absolute Gasteiger partial charge is 0.323 e. The molecule has 0 aromatic rings. The highest BCUT2D eigenvalue weighted by Gasteiger charge is 2.23. The van der Waals surface area contributed by atoms with Crippen molar-refractivity contribution in [1.82, 2.24) is 5.32 Å². The minimum absolute atomic E-state index is 0.000914. The van der Waals surface area contributed by atoms with E-state index in [0.717, 1.165) is 0 Å². The van der Waals surface area contributed by atoms with Crippen molar-refractivity contribution < 1.29 is 24.2 Å². The van der Waals surface area contributed by atoms with Crippen LogP contribution in [0.5, 0.6) is 0 Å². The number of carbonyl (C=O) groups excluding carboxylic acids is 1. The molecule has 2 atom stereocenters. The summed E-state index contributed by atoms with van der Waals surface area (Å²) in [6.45, 7) is 3.50. The van der Waals surface area contributed by atoms with Crippen LogP contribution >= 0.6 is 0 Å². The molecule has 0 aliphatic heterocycles. The quantitative estimate of drug-likeness (QED) is 0.568. The van der Waals surface area contributed by atoms with Gasteiger partial charge in [0.15, 0.2) is 0 Å². The molecule has 0 bridgehead atoms. The summed E-state index contributed by atoms with van der Waals surface area (Å²) in [5.74, 6) is -1.53. The van der Waals surface area contributed by atoms with E-state index in [1.807, 2.05) is 0 Å². The minimum Gasteiger partial charge on any atom is -0.480 e. The van der Waals surface area contributed by atoms with E-state index < -0.39 is 24.0 Å². The van der Waals surface area contributed by atoms with E-state index in [-0.39, 0.29) is 13.2 Å². The van der Waals surface area contributed by atoms with Gasteiger partial charge in [0.05, 0.1) is 13.2 Å². The molecule has 0 aromatic carbocycles. The molecule has 88 valence electrons. The fourth-order valence-corrected chi connectivity index (χ4v) is 0.994. The number of carbonyl (C=O) groups is 2. The largest absolute Gasteiger partial charge is 0.480 e. The lowest BCUT2D eigenvalue weighted by molar-refractivity contribution is -0.147. The number of ether oxygens (including phenoxy) is 2. The van der Waals surface area contributed by atoms with Gasteiger partial charge in [0.2, 0.25) is 0 Å². The van der Waals surface area contributed by atoms with Crippen molar-refractivity contribution in [3.63, 3.8) is 0 Å². The number of aliphatic carboxylic acids is 1. The second-order valence-electron chi connectivity index (χ2n) is 2.99. The van der Waals surface area contributed by atoms with E-state index in [9.17, 15) is 9.59 Å². The highest BCUT2D eigenvalue weighted by molar-refractivity contribution is 5.78. The first-order valence-electron chi connectivity index (χ1n) is 4.67. The van der Waals surface area contributed by atoms with Crippen LogP contribution in [0.15, 0.2) is 0 Å². The summed E-state index contributed by atoms with van der Waals surface area (Å²) in [4.78, 5) is 21.9. The first-order chi connectivity index (χ1) is 7.02. The Hall–Kier alpha value is -1.14. The zero-order valence-corrected chi connectivity index (χ0v) is 9.15. The molecule has 2 N–H and O–H groups in total. The lowest BCUT2D eigenvalue weighted by Crippen LogP contribution is -2.48. The second kappa shape index (κ2) is 7.19. The molecule has 0 heterocycles. The molecule has 6 nitrogen and oxygen atoms in total. The van der Waals surface area contributed by atoms with Gasteiger partial charge in [0, 0.05) is 7.11 Å². The zero-order valence-electron chi connectivity index (χ0n) is 9.15. The van der Waals surface area contributed by atoms with Crippen LogP contribution in [0.1, 0.15) is 13.8 Å². The molecule has 0 rings (SSSR count). The van der Waals surface area contributed by atoms with Crippen LogP contribution in [0.4, 0.5) is 0 Å². The Morgan fingerprint density at radius 2 is 2.07 bits per heavy atom. The van der Waals surface area contributed by atoms with Crippen LogP contribution in [0.3, 0.4) is 0 Å². The van der Waals surface area contributed by atoms with E-state index in [1.165, 1.54) is 7.11 Å². The van der Waals surface area contributed by atoms with E-state index in [4.69, 9.17) is 14.6 Å². The molecule has 15 heavy (non-hydrogen) atoms. The SMILES string of the molecule is CCOC(=O)C(C)NC(COC)C(=O)O. The molecular weight excluding hydrogens is 202 g/mol. The van der Waals surface area contributed by atoms with Crippen LogP contribution < -0.4 is 5.32 Å². The summed E-state index contributed by atoms with van der Waals surface area (Å²) in [7, 11) is 1.40. The molecule has 0 aliphatic rings. The van der Waals surface area contributed by atoms with E-state index in [0.29, 0.717) is 0 Å². The fraction of sp³-hybridized carbons (Fsp3) is 0.778. The lowest BCUT2D eigenvalue weighted by Gasteiger charge is -2.18. The van der Waals surface area contributed by atoms with Crippen molar-refractivity contribution >= 4 is 11.9 Å². The number of carboxylic acid groups (broad SMARTS) is 1. The normalized spacial score (nSPS) is 14.3. The highest BCUT2D eigenvalue weighted by Crippen LogP contribution is 1.93. The van der Waals surface area contributed by atoms with Gasteiger partial charge in [-0.05, 0) is 13.8 Å². The van der Waals surface area contributed by atoms with Gasteiger partial charge in [0.1, 0.15) is 12.1 Å². The number of carboxylic acids is 1. The number of hydrogen-bond donors (Lipinski definition) is 2. The molecule has 0 aromatic heterocycles. The molecule has 2 unspecified atom stereocenters. The Morgan fingerprint density at radius 3 is 2.47 bits per heavy atom. The summed E-state index contributed by atoms with van der Waals surface area (Å²) in [6.07, 6.45) is 0. The van der Waals surface area contributed by atoms with Crippen molar-refractivity contribution in [1.29, 1.82) is 0 Å². The van der Waals surface area contributed by atoms with Gasteiger partial charge in [0.25, 0.3) is 0 Å². The lowest BCUT2D eigenvalue weighted by atomic mass is 10.2. The van der Waals surface area contributed by atoms with Crippen LogP contribution in [0.25, 0.3) is 0 Å². The fourth-order valence-electron chi connectivity index (χ4n) is 0.994. The Balaban J connectivity index is 4.15. The first kappa shape index (κ1) is 13.9. The monoisotopic (exact) mass is 219 g/mol. The third-order valence-electron chi connectivity index (χ3n) is 1.72. The summed E-state index contributed by atoms with van der Waals surface area (Å²) in [6, 6.07) is -1.57. The average molecular weight is 219 g/mol. The summed E-state index contributed by atoms with van der Waals surface area (Å²) >= 11 is 0. The maximum atomic E-state index is 11.2. The number of nitrogens with one attached hydrogen (secondary N) is 1. The predicted molar refractivity (Wildman–Crippen MR) is 52.5 cm³/mol. The van der Waals surface area contributed by atoms with Crippen LogP contribution in [-0.4, -0.2) is 49.5 Å². The molecule has 0 radical (unpaired) electrons. The number of hydrogen-bond acceptors (Lipinski definition) is 5. The Kier molecular flexibility index (Phi) is 6.64. The second-order valence-corrected chi connectivity index (χ2v) is 2.99. The maximum absolute atomic E-state index is 11.2. The molecule has 0 amide bonds. The van der Waals surface area contributed by atoms with E-state index in [1.54, 1.807) is 13.8 Å². The Bertz CT molecular complexity index is 219. The summed E-state index contributed by atoms with van der Waals surface area (Å²) < 4.78 is 9.44. The van der Waals surface area contributed by atoms with Gasteiger partial charge in [-0.2, -0.15) is 0 Å². The van der Waals surface area contributed by atoms with Gasteiger partial charge in [-0.15, -0.1) is 0 Å². The molecule has 0 aliphatic carbocycles. The topological polar surface area (TPSA) is 84.9 Å². The summed E-state index contributed by atoms with van der Waals surface area (Å²) in [5.41, 5.74) is 0. The van der Waals surface area contributed by atoms with Gasteiger partial charge in [-0.25, -0.2) is 0 Å². The average Bonchev–Trinajstić information content (AvgIpc) is 2.17. The number of esters is 1. The van der Waals surface area contributed by atoms with Crippen LogP contribution in [-0.2, 0) is 19.1 Å². The van der Waals surface area contributed by atoms with Crippen molar-refractivity contribution in [2.24, 2.45) is 0 Å². The number of methoxy groups -OCH3 is 1. The van der Waals surface area contributed by atoms with E-state index >= 15 is 0 Å². The van der Waals surface area contributed by atoms with Crippen molar-refractivity contribution in [2.45, 2.75) is 25.9 Å². The third kappa shape index (κ3) is 5.34. The van der Waals surface area contributed by atoms with Gasteiger partial charge < -0.3 is 14.6 Å². The van der Waals surface area contributed by atoms with Crippen LogP contribution in [0.2, 0.25) is 0 Å². The third-order valence-corrected chi connectivity index (χ3v) is 1.72. The molecule has 0 spiro atoms. The van der Waals surface area contributed by atoms with Crippen LogP contribution in [0, 0.1) is 0 Å². The Labute approximate surface area is 88.6 Å². The van der Waals surface area contributed by atoms with Crippen molar-refractivity contribution in [3.05, 3.63) is 0 Å². The van der Waals surface area contributed by atoms with Crippen molar-refractivity contribution in [2.75, 3.05) is 20.3 Å². The standard InChI is InChI=1S/C9H17NO5/c1-4-15-9(13)6(2)10-7(5-14-3)8(11)12/h6-7,10H,4-5H2,1-3H3,(H,11,12). The minimum atomic E-state index is -1.06. The van der Waals surface area contributed by atoms with Crippen molar-refractivity contribution in [3.8, 4) is 0 Å². The summed E-state index contributed by atoms with van der Waals surface area (Å²) in [5, 5.41) is 11.4. The molecular formula is C9H17NO5. The molecule has 0 fully saturated rings. The molecule has 6 heteroatoms. The highest BCUT2D eigenvalue weighted by atomic mass is 16.5. The number of rotatable bonds is 7. The first-order valence-corrected chi connectivity index (χ1v) is 4.67. The zero-order chi connectivity index (χ0) is 11.8. The Morgan fingerprint density at radius 1 is 1.47 bits per heavy atom. The maximum Gasteiger partial charge on any atom is 0.323 e. The van der Waals surface area contributed by atoms with E-state index in [2.05, 4.69) is 5.32 Å². The van der Waals surface area contributed by atoms with Gasteiger partial charge in [-0.1, -0.05) is 0 Å². The molecule has 0 saturated carbocycles. The van der Waals surface area contributed by atoms with Gasteiger partial charge >= 0.3 is 11.9 Å². The molecule has 0 saturated heterocycles. The van der Waals surface area contributed by atoms with Gasteiger partial charge in [-0.3, -0.25) is 14.9 Å². The predicted octanol–water partition coefficient (Wildman–Crippen LogP) is -0.373.